The predicted octanol–water partition coefficient (Wildman–Crippen LogP) is 2.05. The summed E-state index contributed by atoms with van der Waals surface area (Å²) in [7, 11) is 0. The number of hydrogen-bond donors (Lipinski definition) is 1. The maximum absolute atomic E-state index is 9.72. The van der Waals surface area contributed by atoms with Crippen molar-refractivity contribution < 1.29 is 14.6 Å². The van der Waals surface area contributed by atoms with E-state index in [1.54, 1.807) is 0 Å². The standard InChI is InChI=1S/C10H12O3/c1-5-6(2)8(11)10-9(7(5)3)12-4-13-10/h11H,4H2,1-3H3. The van der Waals surface area contributed by atoms with Crippen molar-refractivity contribution in [1.29, 1.82) is 0 Å². The van der Waals surface area contributed by atoms with Crippen LogP contribution < -0.4 is 9.47 Å². The number of hydrogen-bond acceptors (Lipinski definition) is 3. The van der Waals surface area contributed by atoms with Gasteiger partial charge in [0.1, 0.15) is 0 Å². The Morgan fingerprint density at radius 2 is 1.54 bits per heavy atom. The molecule has 0 saturated carbocycles. The smallest absolute Gasteiger partial charge is 0.231 e. The molecule has 0 aromatic heterocycles. The maximum atomic E-state index is 9.72. The molecule has 0 amide bonds. The second-order valence-corrected chi connectivity index (χ2v) is 3.29. The average Bonchev–Trinajstić information content (AvgIpc) is 2.59. The lowest BCUT2D eigenvalue weighted by molar-refractivity contribution is 0.171. The topological polar surface area (TPSA) is 38.7 Å². The fourth-order valence-electron chi connectivity index (χ4n) is 1.53. The van der Waals surface area contributed by atoms with Crippen LogP contribution in [0.5, 0.6) is 17.2 Å². The zero-order valence-electron chi connectivity index (χ0n) is 7.97. The highest BCUT2D eigenvalue weighted by Crippen LogP contribution is 2.46. The van der Waals surface area contributed by atoms with Crippen LogP contribution in [0.3, 0.4) is 0 Å². The Hall–Kier alpha value is -1.38. The molecular weight excluding hydrogens is 168 g/mol. The molecule has 0 unspecified atom stereocenters. The Labute approximate surface area is 76.9 Å². The summed E-state index contributed by atoms with van der Waals surface area (Å²) in [4.78, 5) is 0. The molecule has 13 heavy (non-hydrogen) atoms. The monoisotopic (exact) mass is 180 g/mol. The molecule has 3 nitrogen and oxygen atoms in total. The van der Waals surface area contributed by atoms with Crippen LogP contribution >= 0.6 is 0 Å². The summed E-state index contributed by atoms with van der Waals surface area (Å²) in [5.41, 5.74) is 2.96. The molecule has 0 atom stereocenters. The van der Waals surface area contributed by atoms with E-state index in [-0.39, 0.29) is 12.5 Å². The second kappa shape index (κ2) is 2.55. The van der Waals surface area contributed by atoms with Crippen LogP contribution in [-0.2, 0) is 0 Å². The highest BCUT2D eigenvalue weighted by molar-refractivity contribution is 5.62. The van der Waals surface area contributed by atoms with E-state index in [0.29, 0.717) is 11.5 Å². The minimum absolute atomic E-state index is 0.201. The lowest BCUT2D eigenvalue weighted by Crippen LogP contribution is -1.93. The van der Waals surface area contributed by atoms with E-state index in [1.165, 1.54) is 0 Å². The van der Waals surface area contributed by atoms with Gasteiger partial charge in [0, 0.05) is 0 Å². The van der Waals surface area contributed by atoms with Crippen molar-refractivity contribution in [3.05, 3.63) is 16.7 Å². The zero-order chi connectivity index (χ0) is 9.59. The first kappa shape index (κ1) is 8.23. The van der Waals surface area contributed by atoms with Gasteiger partial charge >= 0.3 is 0 Å². The largest absolute Gasteiger partial charge is 0.504 e. The third-order valence-corrected chi connectivity index (χ3v) is 2.65. The van der Waals surface area contributed by atoms with Crippen LogP contribution in [0.1, 0.15) is 16.7 Å². The van der Waals surface area contributed by atoms with Crippen LogP contribution in [0.2, 0.25) is 0 Å². The quantitative estimate of drug-likeness (QED) is 0.664. The van der Waals surface area contributed by atoms with E-state index < -0.39 is 0 Å². The lowest BCUT2D eigenvalue weighted by atomic mass is 10.0. The van der Waals surface area contributed by atoms with Crippen molar-refractivity contribution in [2.45, 2.75) is 20.8 Å². The molecule has 1 heterocycles. The molecule has 1 aliphatic heterocycles. The molecule has 70 valence electrons. The van der Waals surface area contributed by atoms with Gasteiger partial charge in [-0.3, -0.25) is 0 Å². The van der Waals surface area contributed by atoms with Gasteiger partial charge in [-0.25, -0.2) is 0 Å². The van der Waals surface area contributed by atoms with Gasteiger partial charge in [-0.05, 0) is 37.5 Å². The molecule has 1 N–H and O–H groups in total. The number of benzene rings is 1. The summed E-state index contributed by atoms with van der Waals surface area (Å²) in [6.45, 7) is 6.01. The van der Waals surface area contributed by atoms with Gasteiger partial charge in [0.2, 0.25) is 12.5 Å². The number of phenols is 1. The molecule has 2 rings (SSSR count). The van der Waals surface area contributed by atoms with Crippen LogP contribution in [0.15, 0.2) is 0 Å². The Kier molecular flexibility index (Phi) is 1.62. The zero-order valence-corrected chi connectivity index (χ0v) is 7.97. The fourth-order valence-corrected chi connectivity index (χ4v) is 1.53. The van der Waals surface area contributed by atoms with E-state index in [1.807, 2.05) is 20.8 Å². The minimum Gasteiger partial charge on any atom is -0.504 e. The Bertz CT molecular complexity index is 334. The SMILES string of the molecule is Cc1c(C)c(O)c2c(c1C)OCO2. The molecule has 1 aliphatic rings. The van der Waals surface area contributed by atoms with Gasteiger partial charge in [-0.15, -0.1) is 0 Å². The molecule has 0 spiro atoms. The predicted molar refractivity (Wildman–Crippen MR) is 48.4 cm³/mol. The van der Waals surface area contributed by atoms with Gasteiger partial charge in [-0.1, -0.05) is 0 Å². The number of aromatic hydroxyl groups is 1. The summed E-state index contributed by atoms with van der Waals surface area (Å²) in [5, 5.41) is 9.72. The van der Waals surface area contributed by atoms with E-state index in [0.717, 1.165) is 16.7 Å². The van der Waals surface area contributed by atoms with Gasteiger partial charge in [0.25, 0.3) is 0 Å². The molecule has 0 aliphatic carbocycles. The normalized spacial score (nSPS) is 13.5. The molecule has 0 bridgehead atoms. The van der Waals surface area contributed by atoms with Crippen molar-refractivity contribution in [3.8, 4) is 17.2 Å². The van der Waals surface area contributed by atoms with Crippen molar-refractivity contribution in [3.63, 3.8) is 0 Å². The van der Waals surface area contributed by atoms with Gasteiger partial charge in [0.15, 0.2) is 11.5 Å². The molecular formula is C10H12O3. The van der Waals surface area contributed by atoms with Gasteiger partial charge in [0.05, 0.1) is 0 Å². The summed E-state index contributed by atoms with van der Waals surface area (Å²) in [6, 6.07) is 0. The summed E-state index contributed by atoms with van der Waals surface area (Å²) < 4.78 is 10.4. The highest BCUT2D eigenvalue weighted by atomic mass is 16.7. The molecule has 0 fully saturated rings. The fraction of sp³-hybridized carbons (Fsp3) is 0.400. The van der Waals surface area contributed by atoms with Crippen molar-refractivity contribution in [1.82, 2.24) is 0 Å². The van der Waals surface area contributed by atoms with E-state index in [2.05, 4.69) is 0 Å². The van der Waals surface area contributed by atoms with Crippen molar-refractivity contribution >= 4 is 0 Å². The van der Waals surface area contributed by atoms with E-state index in [9.17, 15) is 5.11 Å². The summed E-state index contributed by atoms with van der Waals surface area (Å²) >= 11 is 0. The van der Waals surface area contributed by atoms with Crippen molar-refractivity contribution in [2.24, 2.45) is 0 Å². The molecule has 0 saturated heterocycles. The molecule has 1 aromatic carbocycles. The molecule has 3 heteroatoms. The molecule has 0 radical (unpaired) electrons. The third kappa shape index (κ3) is 0.963. The van der Waals surface area contributed by atoms with Crippen LogP contribution in [0.25, 0.3) is 0 Å². The average molecular weight is 180 g/mol. The van der Waals surface area contributed by atoms with Crippen LogP contribution in [-0.4, -0.2) is 11.9 Å². The van der Waals surface area contributed by atoms with Crippen molar-refractivity contribution in [2.75, 3.05) is 6.79 Å². The third-order valence-electron chi connectivity index (χ3n) is 2.65. The summed E-state index contributed by atoms with van der Waals surface area (Å²) in [5.74, 6) is 1.37. The number of ether oxygens (including phenoxy) is 2. The van der Waals surface area contributed by atoms with Gasteiger partial charge in [-0.2, -0.15) is 0 Å². The first-order valence-electron chi connectivity index (χ1n) is 4.21. The van der Waals surface area contributed by atoms with Gasteiger partial charge < -0.3 is 14.6 Å². The maximum Gasteiger partial charge on any atom is 0.231 e. The van der Waals surface area contributed by atoms with E-state index in [4.69, 9.17) is 9.47 Å². The number of rotatable bonds is 0. The summed E-state index contributed by atoms with van der Waals surface area (Å²) in [6.07, 6.45) is 0. The first-order chi connectivity index (χ1) is 6.13. The Morgan fingerprint density at radius 1 is 0.923 bits per heavy atom. The lowest BCUT2D eigenvalue weighted by Gasteiger charge is -2.10. The van der Waals surface area contributed by atoms with Crippen LogP contribution in [0.4, 0.5) is 0 Å². The minimum atomic E-state index is 0.201. The second-order valence-electron chi connectivity index (χ2n) is 3.29. The molecule has 1 aromatic rings. The number of fused-ring (bicyclic) bond motifs is 1. The first-order valence-corrected chi connectivity index (χ1v) is 4.21. The van der Waals surface area contributed by atoms with E-state index >= 15 is 0 Å². The Balaban J connectivity index is 2.77. The highest BCUT2D eigenvalue weighted by Gasteiger charge is 2.24. The van der Waals surface area contributed by atoms with Crippen LogP contribution in [0, 0.1) is 20.8 Å². The number of phenolic OH excluding ortho intramolecular Hbond substituents is 1. The Morgan fingerprint density at radius 3 is 2.23 bits per heavy atom.